The molecule has 1 aliphatic carbocycles. The molecule has 2 fully saturated rings. The van der Waals surface area contributed by atoms with E-state index in [4.69, 9.17) is 4.74 Å². The predicted octanol–water partition coefficient (Wildman–Crippen LogP) is 3.21. The molecular formula is C23H30N4O2. The SMILES string of the molecule is COc1cccc(CC2(C(=O)NC3CCCC3)CN(c3nc(C)cc(C)n3)C2)c1. The number of rotatable bonds is 6. The van der Waals surface area contributed by atoms with Crippen LogP contribution in [0.4, 0.5) is 5.95 Å². The van der Waals surface area contributed by atoms with Crippen LogP contribution in [0.1, 0.15) is 42.6 Å². The van der Waals surface area contributed by atoms with Gasteiger partial charge >= 0.3 is 0 Å². The first kappa shape index (κ1) is 19.7. The summed E-state index contributed by atoms with van der Waals surface area (Å²) in [5.74, 6) is 1.70. The Kier molecular flexibility index (Phi) is 5.43. The molecule has 29 heavy (non-hydrogen) atoms. The molecule has 1 saturated carbocycles. The number of amides is 1. The first-order valence-electron chi connectivity index (χ1n) is 10.5. The fourth-order valence-electron chi connectivity index (χ4n) is 4.59. The zero-order valence-corrected chi connectivity index (χ0v) is 17.6. The molecule has 154 valence electrons. The molecule has 1 amide bonds. The molecule has 6 heteroatoms. The number of nitrogens with one attached hydrogen (secondary N) is 1. The molecule has 2 aliphatic rings. The van der Waals surface area contributed by atoms with E-state index >= 15 is 0 Å². The monoisotopic (exact) mass is 394 g/mol. The lowest BCUT2D eigenvalue weighted by molar-refractivity contribution is -0.133. The Balaban J connectivity index is 1.55. The van der Waals surface area contributed by atoms with Crippen LogP contribution in [0.5, 0.6) is 5.75 Å². The minimum absolute atomic E-state index is 0.160. The van der Waals surface area contributed by atoms with Crippen molar-refractivity contribution in [2.45, 2.75) is 52.0 Å². The van der Waals surface area contributed by atoms with Gasteiger partial charge in [-0.1, -0.05) is 25.0 Å². The average Bonchev–Trinajstić information content (AvgIpc) is 3.16. The number of aromatic nitrogens is 2. The van der Waals surface area contributed by atoms with Crippen molar-refractivity contribution in [1.29, 1.82) is 0 Å². The van der Waals surface area contributed by atoms with Crippen LogP contribution in [0.2, 0.25) is 0 Å². The summed E-state index contributed by atoms with van der Waals surface area (Å²) in [6, 6.07) is 10.3. The fourth-order valence-corrected chi connectivity index (χ4v) is 4.59. The van der Waals surface area contributed by atoms with Gasteiger partial charge in [-0.25, -0.2) is 9.97 Å². The second kappa shape index (κ2) is 8.01. The van der Waals surface area contributed by atoms with Crippen LogP contribution in [0.3, 0.4) is 0 Å². The van der Waals surface area contributed by atoms with Crippen molar-refractivity contribution in [3.63, 3.8) is 0 Å². The normalized spacial score (nSPS) is 18.4. The van der Waals surface area contributed by atoms with Gasteiger partial charge in [0.1, 0.15) is 5.75 Å². The summed E-state index contributed by atoms with van der Waals surface area (Å²) in [5.41, 5.74) is 2.56. The Morgan fingerprint density at radius 3 is 2.52 bits per heavy atom. The quantitative estimate of drug-likeness (QED) is 0.815. The summed E-state index contributed by atoms with van der Waals surface area (Å²) < 4.78 is 5.37. The molecule has 0 spiro atoms. The Bertz CT molecular complexity index is 866. The number of ether oxygens (including phenoxy) is 1. The lowest BCUT2D eigenvalue weighted by atomic mass is 9.73. The standard InChI is InChI=1S/C23H30N4O2/c1-16-11-17(2)25-22(24-16)27-14-23(15-27,21(28)26-19-8-4-5-9-19)13-18-7-6-10-20(12-18)29-3/h6-7,10-12,19H,4-5,8-9,13-15H2,1-3H3,(H,26,28). The molecule has 2 aromatic rings. The first-order valence-corrected chi connectivity index (χ1v) is 10.5. The van der Waals surface area contributed by atoms with Crippen molar-refractivity contribution in [2.24, 2.45) is 5.41 Å². The van der Waals surface area contributed by atoms with Gasteiger partial charge in [0.15, 0.2) is 0 Å². The number of nitrogens with zero attached hydrogens (tertiary/aromatic N) is 3. The number of carbonyl (C=O) groups excluding carboxylic acids is 1. The zero-order valence-electron chi connectivity index (χ0n) is 17.6. The maximum atomic E-state index is 13.4. The van der Waals surface area contributed by atoms with Gasteiger partial charge in [-0.05, 0) is 56.9 Å². The van der Waals surface area contributed by atoms with Gasteiger partial charge in [0.05, 0.1) is 12.5 Å². The predicted molar refractivity (Wildman–Crippen MR) is 113 cm³/mol. The van der Waals surface area contributed by atoms with Gasteiger partial charge in [-0.3, -0.25) is 4.79 Å². The minimum atomic E-state index is -0.462. The number of carbonyl (C=O) groups is 1. The van der Waals surface area contributed by atoms with Crippen LogP contribution < -0.4 is 15.0 Å². The number of anilines is 1. The van der Waals surface area contributed by atoms with E-state index in [-0.39, 0.29) is 5.91 Å². The van der Waals surface area contributed by atoms with Gasteiger partial charge in [0.2, 0.25) is 11.9 Å². The van der Waals surface area contributed by atoms with Crippen LogP contribution in [0, 0.1) is 19.3 Å². The summed E-state index contributed by atoms with van der Waals surface area (Å²) in [7, 11) is 1.67. The number of hydrogen-bond acceptors (Lipinski definition) is 5. The van der Waals surface area contributed by atoms with Crippen molar-refractivity contribution < 1.29 is 9.53 Å². The summed E-state index contributed by atoms with van der Waals surface area (Å²) in [6.07, 6.45) is 5.27. The third-order valence-corrected chi connectivity index (χ3v) is 6.09. The third-order valence-electron chi connectivity index (χ3n) is 6.09. The lowest BCUT2D eigenvalue weighted by Gasteiger charge is -2.49. The largest absolute Gasteiger partial charge is 0.497 e. The number of methoxy groups -OCH3 is 1. The smallest absolute Gasteiger partial charge is 0.230 e. The summed E-state index contributed by atoms with van der Waals surface area (Å²) in [6.45, 7) is 5.22. The number of hydrogen-bond donors (Lipinski definition) is 1. The van der Waals surface area contributed by atoms with Gasteiger partial charge < -0.3 is 15.0 Å². The molecule has 1 N–H and O–H groups in total. The van der Waals surface area contributed by atoms with Crippen LogP contribution >= 0.6 is 0 Å². The summed E-state index contributed by atoms with van der Waals surface area (Å²) in [5, 5.41) is 3.33. The minimum Gasteiger partial charge on any atom is -0.497 e. The maximum Gasteiger partial charge on any atom is 0.230 e. The molecule has 0 radical (unpaired) electrons. The molecule has 1 aromatic carbocycles. The molecular weight excluding hydrogens is 364 g/mol. The zero-order chi connectivity index (χ0) is 20.4. The molecule has 4 rings (SSSR count). The molecule has 0 bridgehead atoms. The highest BCUT2D eigenvalue weighted by Gasteiger charge is 2.50. The Labute approximate surface area is 172 Å². The molecule has 1 aromatic heterocycles. The summed E-state index contributed by atoms with van der Waals surface area (Å²) >= 11 is 0. The van der Waals surface area contributed by atoms with E-state index < -0.39 is 5.41 Å². The number of aryl methyl sites for hydroxylation is 2. The van der Waals surface area contributed by atoms with Crippen LogP contribution in [0.25, 0.3) is 0 Å². The van der Waals surface area contributed by atoms with Crippen LogP contribution in [-0.4, -0.2) is 42.1 Å². The van der Waals surface area contributed by atoms with Crippen LogP contribution in [0.15, 0.2) is 30.3 Å². The highest BCUT2D eigenvalue weighted by atomic mass is 16.5. The van der Waals surface area contributed by atoms with Gasteiger partial charge in [-0.15, -0.1) is 0 Å². The van der Waals surface area contributed by atoms with Crippen molar-refractivity contribution in [2.75, 3.05) is 25.1 Å². The van der Waals surface area contributed by atoms with Crippen LogP contribution in [-0.2, 0) is 11.2 Å². The molecule has 1 aliphatic heterocycles. The molecule has 0 unspecified atom stereocenters. The Hall–Kier alpha value is -2.63. The molecule has 0 atom stereocenters. The van der Waals surface area contributed by atoms with E-state index in [1.165, 1.54) is 12.8 Å². The average molecular weight is 395 g/mol. The van der Waals surface area contributed by atoms with Crippen molar-refractivity contribution in [3.8, 4) is 5.75 Å². The molecule has 6 nitrogen and oxygen atoms in total. The first-order chi connectivity index (χ1) is 14.0. The van der Waals surface area contributed by atoms with E-state index in [2.05, 4.69) is 26.3 Å². The van der Waals surface area contributed by atoms with E-state index in [0.29, 0.717) is 25.6 Å². The van der Waals surface area contributed by atoms with E-state index in [1.807, 2.05) is 38.1 Å². The molecule has 2 heterocycles. The maximum absolute atomic E-state index is 13.4. The fraction of sp³-hybridized carbons (Fsp3) is 0.522. The van der Waals surface area contributed by atoms with Gasteiger partial charge in [0, 0.05) is 30.5 Å². The summed E-state index contributed by atoms with van der Waals surface area (Å²) in [4.78, 5) is 24.6. The Morgan fingerprint density at radius 1 is 1.17 bits per heavy atom. The number of benzene rings is 1. The second-order valence-corrected chi connectivity index (χ2v) is 8.57. The topological polar surface area (TPSA) is 67.3 Å². The second-order valence-electron chi connectivity index (χ2n) is 8.57. The van der Waals surface area contributed by atoms with Gasteiger partial charge in [0.25, 0.3) is 0 Å². The van der Waals surface area contributed by atoms with E-state index in [9.17, 15) is 4.79 Å². The van der Waals surface area contributed by atoms with Crippen molar-refractivity contribution in [1.82, 2.24) is 15.3 Å². The third kappa shape index (κ3) is 4.21. The molecule has 1 saturated heterocycles. The van der Waals surface area contributed by atoms with Gasteiger partial charge in [-0.2, -0.15) is 0 Å². The highest BCUT2D eigenvalue weighted by Crippen LogP contribution is 2.38. The van der Waals surface area contributed by atoms with E-state index in [1.54, 1.807) is 7.11 Å². The lowest BCUT2D eigenvalue weighted by Crippen LogP contribution is -2.65. The Morgan fingerprint density at radius 2 is 1.86 bits per heavy atom. The highest BCUT2D eigenvalue weighted by molar-refractivity contribution is 5.86. The van der Waals surface area contributed by atoms with Crippen molar-refractivity contribution in [3.05, 3.63) is 47.3 Å². The van der Waals surface area contributed by atoms with Crippen molar-refractivity contribution >= 4 is 11.9 Å². The van der Waals surface area contributed by atoms with E-state index in [0.717, 1.165) is 41.5 Å².